The zero-order chi connectivity index (χ0) is 21.3. The van der Waals surface area contributed by atoms with Crippen LogP contribution in [-0.2, 0) is 4.79 Å². The van der Waals surface area contributed by atoms with Crippen LogP contribution in [0.3, 0.4) is 0 Å². The molecule has 2 heterocycles. The maximum absolute atomic E-state index is 13.3. The number of anilines is 2. The Hall–Kier alpha value is -2.84. The summed E-state index contributed by atoms with van der Waals surface area (Å²) in [6.07, 6.45) is 3.85. The van der Waals surface area contributed by atoms with Crippen LogP contribution in [0.25, 0.3) is 16.3 Å². The van der Waals surface area contributed by atoms with Crippen molar-refractivity contribution in [3.63, 3.8) is 0 Å². The smallest absolute Gasteiger partial charge is 0.248 e. The second-order valence-corrected chi connectivity index (χ2v) is 8.54. The fourth-order valence-corrected chi connectivity index (χ4v) is 4.47. The van der Waals surface area contributed by atoms with Gasteiger partial charge >= 0.3 is 0 Å². The molecule has 3 aromatic rings. The van der Waals surface area contributed by atoms with Crippen molar-refractivity contribution in [3.05, 3.63) is 59.7 Å². The van der Waals surface area contributed by atoms with Gasteiger partial charge in [-0.3, -0.25) is 4.79 Å². The van der Waals surface area contributed by atoms with Crippen molar-refractivity contribution in [2.75, 3.05) is 37.4 Å². The lowest BCUT2D eigenvalue weighted by atomic mass is 10.2. The molecule has 1 aliphatic rings. The first kappa shape index (κ1) is 20.4. The number of aromatic nitrogens is 1. The molecule has 2 aromatic carbocycles. The Labute approximate surface area is 177 Å². The lowest BCUT2D eigenvalue weighted by Crippen LogP contribution is -2.31. The summed E-state index contributed by atoms with van der Waals surface area (Å²) in [5.74, 6) is -2.21. The van der Waals surface area contributed by atoms with Crippen LogP contribution in [0.5, 0.6) is 0 Å². The van der Waals surface area contributed by atoms with Crippen molar-refractivity contribution in [2.45, 2.75) is 12.5 Å². The highest BCUT2D eigenvalue weighted by Gasteiger charge is 2.26. The van der Waals surface area contributed by atoms with Gasteiger partial charge in [-0.2, -0.15) is 0 Å². The number of likely N-dealkylation sites (N-methyl/N-ethyl adjacent to an activating group) is 1. The number of halogens is 2. The number of rotatable bonds is 5. The van der Waals surface area contributed by atoms with E-state index in [-0.39, 0.29) is 5.91 Å². The van der Waals surface area contributed by atoms with Gasteiger partial charge in [-0.15, -0.1) is 0 Å². The second-order valence-electron chi connectivity index (χ2n) is 7.53. The summed E-state index contributed by atoms with van der Waals surface area (Å²) in [6.45, 7) is 1.95. The molecule has 30 heavy (non-hydrogen) atoms. The van der Waals surface area contributed by atoms with E-state index >= 15 is 0 Å². The molecule has 5 nitrogen and oxygen atoms in total. The Kier molecular flexibility index (Phi) is 5.78. The van der Waals surface area contributed by atoms with Crippen LogP contribution in [0.2, 0.25) is 0 Å². The van der Waals surface area contributed by atoms with Crippen LogP contribution in [0.15, 0.2) is 42.5 Å². The third-order valence-electron chi connectivity index (χ3n) is 5.18. The average molecular weight is 429 g/mol. The first-order chi connectivity index (χ1) is 14.4. The van der Waals surface area contributed by atoms with E-state index in [0.29, 0.717) is 17.3 Å². The Morgan fingerprint density at radius 3 is 2.80 bits per heavy atom. The third-order valence-corrected chi connectivity index (χ3v) is 6.26. The number of hydrogen-bond donors (Lipinski definition) is 1. The maximum atomic E-state index is 13.3. The Morgan fingerprint density at radius 1 is 1.23 bits per heavy atom. The molecule has 1 atom stereocenters. The van der Waals surface area contributed by atoms with E-state index in [1.54, 1.807) is 11.3 Å². The minimum atomic E-state index is -0.945. The van der Waals surface area contributed by atoms with Gasteiger partial charge in [0.1, 0.15) is 0 Å². The van der Waals surface area contributed by atoms with Gasteiger partial charge in [0.05, 0.1) is 10.2 Å². The third kappa shape index (κ3) is 4.49. The van der Waals surface area contributed by atoms with Crippen molar-refractivity contribution < 1.29 is 13.6 Å². The predicted octanol–water partition coefficient (Wildman–Crippen LogP) is 4.37. The highest BCUT2D eigenvalue weighted by Crippen LogP contribution is 2.33. The summed E-state index contributed by atoms with van der Waals surface area (Å²) in [7, 11) is 4.20. The number of hydrogen-bond acceptors (Lipinski definition) is 5. The topological polar surface area (TPSA) is 48.5 Å². The van der Waals surface area contributed by atoms with Crippen molar-refractivity contribution in [1.29, 1.82) is 0 Å². The van der Waals surface area contributed by atoms with Gasteiger partial charge in [0, 0.05) is 30.9 Å². The first-order valence-electron chi connectivity index (χ1n) is 9.65. The number of fused-ring (bicyclic) bond motifs is 1. The van der Waals surface area contributed by atoms with Gasteiger partial charge in [0.25, 0.3) is 0 Å². The molecule has 0 unspecified atom stereocenters. The number of carbonyl (C=O) groups is 1. The van der Waals surface area contributed by atoms with Gasteiger partial charge < -0.3 is 15.1 Å². The van der Waals surface area contributed by atoms with Crippen LogP contribution in [0.4, 0.5) is 19.6 Å². The molecule has 1 amide bonds. The van der Waals surface area contributed by atoms with Gasteiger partial charge in [-0.05, 0) is 62.5 Å². The number of nitrogens with zero attached hydrogens (tertiary/aromatic N) is 3. The van der Waals surface area contributed by atoms with E-state index < -0.39 is 11.6 Å². The minimum Gasteiger partial charge on any atom is -0.346 e. The molecule has 0 radical (unpaired) electrons. The highest BCUT2D eigenvalue weighted by molar-refractivity contribution is 7.22. The molecule has 4 rings (SSSR count). The molecule has 1 saturated heterocycles. The van der Waals surface area contributed by atoms with Crippen molar-refractivity contribution in [2.24, 2.45) is 0 Å². The fourth-order valence-electron chi connectivity index (χ4n) is 3.43. The van der Waals surface area contributed by atoms with E-state index in [1.165, 1.54) is 18.2 Å². The zero-order valence-electron chi connectivity index (χ0n) is 16.7. The van der Waals surface area contributed by atoms with Gasteiger partial charge in [-0.25, -0.2) is 13.8 Å². The SMILES string of the molecule is CN(C)[C@@H]1CCN(c2nc3ccc(NC(=O)C=Cc4ccc(F)c(F)c4)cc3s2)C1. The number of benzene rings is 2. The van der Waals surface area contributed by atoms with E-state index in [4.69, 9.17) is 4.98 Å². The standard InChI is InChI=1S/C22H22F2N4OS/c1-27(2)16-9-10-28(13-16)22-26-19-7-5-15(12-20(19)30-22)25-21(29)8-4-14-3-6-17(23)18(24)11-14/h3-8,11-12,16H,9-10,13H2,1-2H3,(H,25,29)/t16-/m1/s1. The predicted molar refractivity (Wildman–Crippen MR) is 118 cm³/mol. The summed E-state index contributed by atoms with van der Waals surface area (Å²) in [5.41, 5.74) is 1.97. The molecule has 1 aromatic heterocycles. The van der Waals surface area contributed by atoms with E-state index in [0.717, 1.165) is 47.0 Å². The van der Waals surface area contributed by atoms with Crippen molar-refractivity contribution in [3.8, 4) is 0 Å². The van der Waals surface area contributed by atoms with Crippen molar-refractivity contribution >= 4 is 44.4 Å². The molecule has 1 N–H and O–H groups in total. The molecule has 0 saturated carbocycles. The lowest BCUT2D eigenvalue weighted by Gasteiger charge is -2.19. The number of nitrogens with one attached hydrogen (secondary N) is 1. The monoisotopic (exact) mass is 428 g/mol. The molecular formula is C22H22F2N4OS. The summed E-state index contributed by atoms with van der Waals surface area (Å²) in [4.78, 5) is 21.5. The molecule has 156 valence electrons. The molecule has 8 heteroatoms. The molecule has 1 aliphatic heterocycles. The molecule has 0 spiro atoms. The Balaban J connectivity index is 1.44. The highest BCUT2D eigenvalue weighted by atomic mass is 32.1. The number of thiazole rings is 1. The molecule has 0 bridgehead atoms. The molecule has 1 fully saturated rings. The normalized spacial score (nSPS) is 16.8. The summed E-state index contributed by atoms with van der Waals surface area (Å²) >= 11 is 1.61. The van der Waals surface area contributed by atoms with E-state index in [2.05, 4.69) is 29.2 Å². The summed E-state index contributed by atoms with van der Waals surface area (Å²) in [6, 6.07) is 9.62. The zero-order valence-corrected chi connectivity index (χ0v) is 17.5. The van der Waals surface area contributed by atoms with Gasteiger partial charge in [0.15, 0.2) is 16.8 Å². The average Bonchev–Trinajstić information content (AvgIpc) is 3.35. The van der Waals surface area contributed by atoms with Crippen molar-refractivity contribution in [1.82, 2.24) is 9.88 Å². The fraction of sp³-hybridized carbons (Fsp3) is 0.273. The maximum Gasteiger partial charge on any atom is 0.248 e. The van der Waals surface area contributed by atoms with Crippen LogP contribution in [0, 0.1) is 11.6 Å². The Morgan fingerprint density at radius 2 is 2.07 bits per heavy atom. The number of amides is 1. The summed E-state index contributed by atoms with van der Waals surface area (Å²) in [5, 5.41) is 3.79. The van der Waals surface area contributed by atoms with Gasteiger partial charge in [0.2, 0.25) is 5.91 Å². The van der Waals surface area contributed by atoms with E-state index in [1.807, 2.05) is 18.2 Å². The van der Waals surface area contributed by atoms with Gasteiger partial charge in [-0.1, -0.05) is 17.4 Å². The minimum absolute atomic E-state index is 0.350. The first-order valence-corrected chi connectivity index (χ1v) is 10.5. The lowest BCUT2D eigenvalue weighted by molar-refractivity contribution is -0.111. The summed E-state index contributed by atoms with van der Waals surface area (Å²) < 4.78 is 27.2. The Bertz CT molecular complexity index is 1110. The van der Waals surface area contributed by atoms with Crippen LogP contribution >= 0.6 is 11.3 Å². The molecular weight excluding hydrogens is 406 g/mol. The largest absolute Gasteiger partial charge is 0.346 e. The molecule has 0 aliphatic carbocycles. The van der Waals surface area contributed by atoms with Crippen LogP contribution < -0.4 is 10.2 Å². The van der Waals surface area contributed by atoms with E-state index in [9.17, 15) is 13.6 Å². The second kappa shape index (κ2) is 8.49. The van der Waals surface area contributed by atoms with Crippen LogP contribution in [-0.4, -0.2) is 49.0 Å². The quantitative estimate of drug-likeness (QED) is 0.614. The number of carbonyl (C=O) groups excluding carboxylic acids is 1. The van der Waals surface area contributed by atoms with Crippen LogP contribution in [0.1, 0.15) is 12.0 Å².